The highest BCUT2D eigenvalue weighted by Crippen LogP contribution is 2.15. The second-order valence-corrected chi connectivity index (χ2v) is 5.61. The first-order chi connectivity index (χ1) is 10.1. The van der Waals surface area contributed by atoms with Crippen LogP contribution in [0.2, 0.25) is 0 Å². The van der Waals surface area contributed by atoms with Crippen LogP contribution in [0.4, 0.5) is 0 Å². The van der Waals surface area contributed by atoms with Crippen molar-refractivity contribution >= 4 is 5.97 Å². The van der Waals surface area contributed by atoms with Crippen LogP contribution in [0, 0.1) is 0 Å². The van der Waals surface area contributed by atoms with Gasteiger partial charge in [0.25, 0.3) is 0 Å². The van der Waals surface area contributed by atoms with Crippen LogP contribution in [0.25, 0.3) is 0 Å². The summed E-state index contributed by atoms with van der Waals surface area (Å²) in [4.78, 5) is 13.5. The molecule has 1 rings (SSSR count). The Hall–Kier alpha value is -1.35. The summed E-state index contributed by atoms with van der Waals surface area (Å²) in [7, 11) is 0. The lowest BCUT2D eigenvalue weighted by Gasteiger charge is -2.30. The van der Waals surface area contributed by atoms with Gasteiger partial charge in [0.05, 0.1) is 6.42 Å². The molecule has 0 aliphatic carbocycles. The Labute approximate surface area is 129 Å². The predicted molar refractivity (Wildman–Crippen MR) is 87.7 cm³/mol. The van der Waals surface area contributed by atoms with Crippen LogP contribution in [-0.4, -0.2) is 35.1 Å². The van der Waals surface area contributed by atoms with Crippen LogP contribution in [-0.2, 0) is 17.6 Å². The number of carboxylic acid groups (broad SMARTS) is 1. The van der Waals surface area contributed by atoms with E-state index in [9.17, 15) is 9.90 Å². The Morgan fingerprint density at radius 1 is 1.14 bits per heavy atom. The maximum Gasteiger partial charge on any atom is 0.304 e. The van der Waals surface area contributed by atoms with Gasteiger partial charge >= 0.3 is 5.97 Å². The molecule has 3 nitrogen and oxygen atoms in total. The molecular formula is C18H29NO2. The summed E-state index contributed by atoms with van der Waals surface area (Å²) in [5, 5.41) is 9.19. The van der Waals surface area contributed by atoms with Crippen LogP contribution in [0.1, 0.15) is 51.2 Å². The van der Waals surface area contributed by atoms with Crippen molar-refractivity contribution in [2.45, 2.75) is 58.9 Å². The average molecular weight is 291 g/mol. The molecule has 0 aliphatic rings. The molecule has 0 radical (unpaired) electrons. The molecule has 0 saturated heterocycles. The summed E-state index contributed by atoms with van der Waals surface area (Å²) >= 11 is 0. The van der Waals surface area contributed by atoms with Gasteiger partial charge < -0.3 is 5.11 Å². The molecule has 0 saturated carbocycles. The Balaban J connectivity index is 2.77. The van der Waals surface area contributed by atoms with Crippen molar-refractivity contribution in [3.63, 3.8) is 0 Å². The normalized spacial score (nSPS) is 12.6. The van der Waals surface area contributed by atoms with Gasteiger partial charge in [0, 0.05) is 6.04 Å². The van der Waals surface area contributed by atoms with Gasteiger partial charge in [-0.2, -0.15) is 0 Å². The lowest BCUT2D eigenvalue weighted by molar-refractivity contribution is -0.138. The average Bonchev–Trinajstić information content (AvgIpc) is 2.48. The zero-order valence-corrected chi connectivity index (χ0v) is 13.6. The Bertz CT molecular complexity index is 414. The molecule has 118 valence electrons. The first-order valence-electron chi connectivity index (χ1n) is 8.14. The minimum Gasteiger partial charge on any atom is -0.481 e. The summed E-state index contributed by atoms with van der Waals surface area (Å²) < 4.78 is 0. The first kappa shape index (κ1) is 17.7. The van der Waals surface area contributed by atoms with E-state index in [1.165, 1.54) is 11.1 Å². The predicted octanol–water partition coefficient (Wildman–Crippen LogP) is 3.76. The van der Waals surface area contributed by atoms with Crippen LogP contribution in [0.15, 0.2) is 24.3 Å². The maximum atomic E-state index is 11.2. The number of nitrogens with zero attached hydrogens (tertiary/aromatic N) is 1. The van der Waals surface area contributed by atoms with Crippen molar-refractivity contribution in [3.8, 4) is 0 Å². The van der Waals surface area contributed by atoms with E-state index in [1.807, 2.05) is 0 Å². The largest absolute Gasteiger partial charge is 0.481 e. The van der Waals surface area contributed by atoms with Crippen molar-refractivity contribution < 1.29 is 9.90 Å². The maximum absolute atomic E-state index is 11.2. The lowest BCUT2D eigenvalue weighted by atomic mass is 9.99. The number of benzene rings is 1. The molecule has 1 aromatic carbocycles. The molecule has 0 aliphatic heterocycles. The van der Waals surface area contributed by atoms with Gasteiger partial charge in [-0.05, 0) is 43.5 Å². The first-order valence-corrected chi connectivity index (χ1v) is 8.14. The molecule has 0 fully saturated rings. The minimum atomic E-state index is -0.708. The molecule has 0 amide bonds. The molecule has 1 aromatic rings. The minimum absolute atomic E-state index is 0.0894. The van der Waals surface area contributed by atoms with E-state index in [1.54, 1.807) is 0 Å². The molecular weight excluding hydrogens is 262 g/mol. The molecule has 1 atom stereocenters. The monoisotopic (exact) mass is 291 g/mol. The number of hydrogen-bond donors (Lipinski definition) is 1. The smallest absolute Gasteiger partial charge is 0.304 e. The Morgan fingerprint density at radius 2 is 1.76 bits per heavy atom. The summed E-state index contributed by atoms with van der Waals surface area (Å²) in [6.07, 6.45) is 4.33. The number of aryl methyl sites for hydroxylation is 1. The molecule has 0 heterocycles. The molecule has 1 unspecified atom stereocenters. The van der Waals surface area contributed by atoms with Gasteiger partial charge in [0.2, 0.25) is 0 Å². The number of rotatable bonds is 10. The third-order valence-corrected chi connectivity index (χ3v) is 4.03. The van der Waals surface area contributed by atoms with Gasteiger partial charge in [-0.15, -0.1) is 0 Å². The van der Waals surface area contributed by atoms with Gasteiger partial charge in [0.15, 0.2) is 0 Å². The molecule has 21 heavy (non-hydrogen) atoms. The standard InChI is InChI=1S/C18H29NO2/c1-4-7-12-19(6-3)17(14-18(20)21)13-16-10-8-15(5-2)9-11-16/h8-11,17H,4-7,12-14H2,1-3H3,(H,20,21). The molecule has 0 bridgehead atoms. The highest BCUT2D eigenvalue weighted by Gasteiger charge is 2.20. The van der Waals surface area contributed by atoms with Crippen LogP contribution in [0.5, 0.6) is 0 Å². The van der Waals surface area contributed by atoms with E-state index in [0.717, 1.165) is 38.8 Å². The number of aliphatic carboxylic acids is 1. The van der Waals surface area contributed by atoms with Crippen molar-refractivity contribution in [1.82, 2.24) is 4.90 Å². The van der Waals surface area contributed by atoms with Gasteiger partial charge in [0.1, 0.15) is 0 Å². The number of unbranched alkanes of at least 4 members (excludes halogenated alkanes) is 1. The fourth-order valence-electron chi connectivity index (χ4n) is 2.68. The third kappa shape index (κ3) is 6.30. The van der Waals surface area contributed by atoms with Crippen LogP contribution in [0.3, 0.4) is 0 Å². The number of carbonyl (C=O) groups is 1. The Morgan fingerprint density at radius 3 is 2.24 bits per heavy atom. The highest BCUT2D eigenvalue weighted by atomic mass is 16.4. The van der Waals surface area contributed by atoms with Crippen molar-refractivity contribution in [2.24, 2.45) is 0 Å². The van der Waals surface area contributed by atoms with Crippen LogP contribution >= 0.6 is 0 Å². The van der Waals surface area contributed by atoms with E-state index >= 15 is 0 Å². The summed E-state index contributed by atoms with van der Waals surface area (Å²) in [5.74, 6) is -0.708. The SMILES string of the molecule is CCCCN(CC)C(CC(=O)O)Cc1ccc(CC)cc1. The van der Waals surface area contributed by atoms with E-state index in [2.05, 4.69) is 49.9 Å². The van der Waals surface area contributed by atoms with Crippen molar-refractivity contribution in [2.75, 3.05) is 13.1 Å². The van der Waals surface area contributed by atoms with E-state index in [-0.39, 0.29) is 12.5 Å². The fourth-order valence-corrected chi connectivity index (χ4v) is 2.68. The summed E-state index contributed by atoms with van der Waals surface area (Å²) in [6, 6.07) is 8.67. The molecule has 1 N–H and O–H groups in total. The topological polar surface area (TPSA) is 40.5 Å². The second-order valence-electron chi connectivity index (χ2n) is 5.61. The van der Waals surface area contributed by atoms with Gasteiger partial charge in [-0.25, -0.2) is 0 Å². The number of likely N-dealkylation sites (N-methyl/N-ethyl adjacent to an activating group) is 1. The molecule has 0 spiro atoms. The zero-order chi connectivity index (χ0) is 15.7. The second kappa shape index (κ2) is 9.56. The van der Waals surface area contributed by atoms with E-state index < -0.39 is 5.97 Å². The quantitative estimate of drug-likeness (QED) is 0.713. The molecule has 0 aromatic heterocycles. The third-order valence-electron chi connectivity index (χ3n) is 4.03. The van der Waals surface area contributed by atoms with Crippen molar-refractivity contribution in [1.29, 1.82) is 0 Å². The summed E-state index contributed by atoms with van der Waals surface area (Å²) in [6.45, 7) is 8.32. The number of carboxylic acids is 1. The van der Waals surface area contributed by atoms with Crippen LogP contribution < -0.4 is 0 Å². The highest BCUT2D eigenvalue weighted by molar-refractivity contribution is 5.67. The lowest BCUT2D eigenvalue weighted by Crippen LogP contribution is -2.39. The zero-order valence-electron chi connectivity index (χ0n) is 13.6. The Kier molecular flexibility index (Phi) is 8.06. The van der Waals surface area contributed by atoms with Gasteiger partial charge in [-0.1, -0.05) is 51.5 Å². The summed E-state index contributed by atoms with van der Waals surface area (Å²) in [5.41, 5.74) is 2.56. The van der Waals surface area contributed by atoms with E-state index in [4.69, 9.17) is 0 Å². The molecule has 3 heteroatoms. The number of hydrogen-bond acceptors (Lipinski definition) is 2. The van der Waals surface area contributed by atoms with Gasteiger partial charge in [-0.3, -0.25) is 9.69 Å². The van der Waals surface area contributed by atoms with E-state index in [0.29, 0.717) is 0 Å². The van der Waals surface area contributed by atoms with Crippen molar-refractivity contribution in [3.05, 3.63) is 35.4 Å². The fraction of sp³-hybridized carbons (Fsp3) is 0.611.